The third-order valence-corrected chi connectivity index (χ3v) is 59.5. The Morgan fingerprint density at radius 1 is 0.565 bits per heavy atom. The minimum atomic E-state index is -5.77. The van der Waals surface area contributed by atoms with Gasteiger partial charge in [-0.05, 0) is 0 Å². The molecule has 6 aromatic rings. The Labute approximate surface area is 366 Å². The third-order valence-electron chi connectivity index (χ3n) is 13.3. The van der Waals surface area contributed by atoms with Crippen molar-refractivity contribution in [2.75, 3.05) is 0 Å². The summed E-state index contributed by atoms with van der Waals surface area (Å²) in [5, 5.41) is 0. The molecule has 2 aliphatic rings. The number of benzene rings is 4. The molecule has 2 nitrogen and oxygen atoms in total. The number of hydrogen-bond donors (Lipinski definition) is 0. The molecule has 62 heavy (non-hydrogen) atoms. The predicted octanol–water partition coefficient (Wildman–Crippen LogP) is 16.7. The van der Waals surface area contributed by atoms with E-state index < -0.39 is 51.2 Å². The van der Waals surface area contributed by atoms with Crippen LogP contribution in [0.25, 0.3) is 45.6 Å². The first kappa shape index (κ1) is 44.8. The van der Waals surface area contributed by atoms with Gasteiger partial charge in [0.1, 0.15) is 0 Å². The molecule has 0 amide bonds. The van der Waals surface area contributed by atoms with Gasteiger partial charge in [0.25, 0.3) is 0 Å². The standard InChI is InChI=1S/2C24H20F3O.C2H6Si.2ClH.Zr/c2*1-4-16-5-6-18-12-19(22-11-14(2)15(3)28-22)13-21(18)23(16)17-7-9-20(10-8-17)24(25,26)27;1-3-2;;;/h2*5-13H,4H2,1-3H3;1-2H3;2*1H;/q;;;;;+2/p-2. The molecule has 2 heterocycles. The Hall–Kier alpha value is -3.82. The second-order valence-electron chi connectivity index (χ2n) is 17.0. The van der Waals surface area contributed by atoms with Crippen LogP contribution in [-0.2, 0) is 40.2 Å². The van der Waals surface area contributed by atoms with Crippen LogP contribution in [0.3, 0.4) is 0 Å². The van der Waals surface area contributed by atoms with Gasteiger partial charge >= 0.3 is 369 Å². The van der Waals surface area contributed by atoms with Crippen molar-refractivity contribution >= 4 is 45.8 Å². The fourth-order valence-corrected chi connectivity index (χ4v) is 37.3. The van der Waals surface area contributed by atoms with Crippen molar-refractivity contribution in [3.8, 4) is 22.3 Å². The summed E-state index contributed by atoms with van der Waals surface area (Å²) in [6.45, 7) is 16.2. The van der Waals surface area contributed by atoms with Gasteiger partial charge in [0.2, 0.25) is 0 Å². The molecule has 0 bridgehead atoms. The number of fused-ring (bicyclic) bond motifs is 2. The summed E-state index contributed by atoms with van der Waals surface area (Å²) in [5.41, 5.74) is 8.74. The van der Waals surface area contributed by atoms with Crippen molar-refractivity contribution in [1.82, 2.24) is 0 Å². The summed E-state index contributed by atoms with van der Waals surface area (Å²) in [4.78, 5) is 0. The minimum absolute atomic E-state index is 0.542. The number of furan rings is 2. The van der Waals surface area contributed by atoms with Gasteiger partial charge < -0.3 is 0 Å². The first-order valence-electron chi connectivity index (χ1n) is 20.7. The van der Waals surface area contributed by atoms with E-state index >= 15 is 0 Å². The quantitative estimate of drug-likeness (QED) is 0.112. The molecule has 2 aliphatic carbocycles. The third kappa shape index (κ3) is 7.20. The summed E-state index contributed by atoms with van der Waals surface area (Å²) < 4.78 is 95.0. The Morgan fingerprint density at radius 3 is 1.19 bits per heavy atom. The molecule has 0 spiro atoms. The van der Waals surface area contributed by atoms with Crippen LogP contribution in [0.1, 0.15) is 99.8 Å². The van der Waals surface area contributed by atoms with Crippen molar-refractivity contribution in [3.05, 3.63) is 164 Å². The zero-order valence-electron chi connectivity index (χ0n) is 35.6. The molecule has 2 aromatic heterocycles. The van der Waals surface area contributed by atoms with Gasteiger partial charge in [0.15, 0.2) is 0 Å². The van der Waals surface area contributed by atoms with Gasteiger partial charge in [-0.15, -0.1) is 0 Å². The average Bonchev–Trinajstić information content (AvgIpc) is 3.99. The van der Waals surface area contributed by atoms with Crippen molar-refractivity contribution in [2.45, 2.75) is 87.1 Å². The molecule has 12 heteroatoms. The number of rotatable bonds is 8. The summed E-state index contributed by atoms with van der Waals surface area (Å²) in [6, 6.07) is 22.9. The van der Waals surface area contributed by atoms with Gasteiger partial charge in [-0.1, -0.05) is 0 Å². The molecule has 0 fully saturated rings. The van der Waals surface area contributed by atoms with Crippen LogP contribution >= 0.6 is 17.0 Å². The van der Waals surface area contributed by atoms with Crippen molar-refractivity contribution < 1.29 is 50.2 Å². The van der Waals surface area contributed by atoms with Gasteiger partial charge in [-0.3, -0.25) is 0 Å². The van der Waals surface area contributed by atoms with Gasteiger partial charge in [-0.2, -0.15) is 0 Å². The summed E-state index contributed by atoms with van der Waals surface area (Å²) in [7, 11) is 17.7. The van der Waals surface area contributed by atoms with E-state index in [0.717, 1.165) is 103 Å². The van der Waals surface area contributed by atoms with E-state index in [1.54, 1.807) is 0 Å². The Balaban J connectivity index is 1.45. The summed E-state index contributed by atoms with van der Waals surface area (Å²) >= 11 is -5.77. The molecule has 322 valence electrons. The van der Waals surface area contributed by atoms with Crippen molar-refractivity contribution in [1.29, 1.82) is 0 Å². The first-order chi connectivity index (χ1) is 29.1. The van der Waals surface area contributed by atoms with E-state index in [2.05, 4.69) is 37.4 Å². The van der Waals surface area contributed by atoms with Crippen LogP contribution in [0.5, 0.6) is 0 Å². The van der Waals surface area contributed by atoms with E-state index in [1.165, 1.54) is 24.3 Å². The van der Waals surface area contributed by atoms with Crippen LogP contribution in [-0.4, -0.2) is 5.43 Å². The van der Waals surface area contributed by atoms with Crippen molar-refractivity contribution in [2.24, 2.45) is 0 Å². The molecular formula is C50H46Cl2F6O2SiZr. The Kier molecular flexibility index (Phi) is 11.3. The molecule has 0 aliphatic heterocycles. The van der Waals surface area contributed by atoms with Crippen LogP contribution < -0.4 is 0 Å². The normalized spacial score (nSPS) is 16.7. The van der Waals surface area contributed by atoms with Gasteiger partial charge in [0, 0.05) is 0 Å². The Bertz CT molecular complexity index is 2690. The molecule has 2 unspecified atom stereocenters. The Morgan fingerprint density at radius 2 is 0.919 bits per heavy atom. The van der Waals surface area contributed by atoms with Crippen LogP contribution in [0.4, 0.5) is 26.3 Å². The van der Waals surface area contributed by atoms with Gasteiger partial charge in [0.05, 0.1) is 0 Å². The second kappa shape index (κ2) is 15.7. The second-order valence-corrected chi connectivity index (χ2v) is 55.8. The zero-order chi connectivity index (χ0) is 44.9. The van der Waals surface area contributed by atoms with Crippen LogP contribution in [0.15, 0.2) is 93.8 Å². The maximum absolute atomic E-state index is 13.8. The maximum atomic E-state index is 13.8. The molecule has 0 N–H and O–H groups in total. The molecule has 0 saturated heterocycles. The topological polar surface area (TPSA) is 26.3 Å². The van der Waals surface area contributed by atoms with E-state index in [1.807, 2.05) is 65.8 Å². The van der Waals surface area contributed by atoms with Crippen LogP contribution in [0, 0.1) is 27.7 Å². The van der Waals surface area contributed by atoms with E-state index in [0.29, 0.717) is 35.5 Å². The zero-order valence-corrected chi connectivity index (χ0v) is 40.6. The molecule has 8 rings (SSSR count). The van der Waals surface area contributed by atoms with Gasteiger partial charge in [-0.25, -0.2) is 0 Å². The molecular weight excluding hydrogens is 937 g/mol. The van der Waals surface area contributed by atoms with E-state index in [9.17, 15) is 26.3 Å². The number of halogens is 8. The molecule has 0 radical (unpaired) electrons. The first-order valence-corrected chi connectivity index (χ1v) is 36.1. The predicted molar refractivity (Wildman–Crippen MR) is 239 cm³/mol. The summed E-state index contributed by atoms with van der Waals surface area (Å²) in [5.74, 6) is 2.74. The fourth-order valence-electron chi connectivity index (χ4n) is 9.65. The fraction of sp³-hybridized carbons (Fsp3) is 0.280. The van der Waals surface area contributed by atoms with Crippen molar-refractivity contribution in [3.63, 3.8) is 0 Å². The monoisotopic (exact) mass is 980 g/mol. The van der Waals surface area contributed by atoms with Crippen LogP contribution in [0.2, 0.25) is 13.1 Å². The molecule has 2 atom stereocenters. The number of aryl methyl sites for hydroxylation is 6. The average molecular weight is 983 g/mol. The molecule has 0 saturated carbocycles. The SMILES string of the molecule is CCc1ccc2c(c1-c1ccc(C(F)(F)F)cc1)C=C(c1cc(C)c(C)o1)[CH]2[Zr]([Cl])([Cl])([CH]1C(c2cc(C)c(C)o2)=Cc2c1ccc(CC)c2-c1ccc(C(F)(F)F)cc1)=[Si](C)C. The number of alkyl halides is 6. The number of hydrogen-bond acceptors (Lipinski definition) is 2. The van der Waals surface area contributed by atoms with E-state index in [4.69, 9.17) is 25.9 Å². The number of allylic oxidation sites excluding steroid dienone is 2. The summed E-state index contributed by atoms with van der Waals surface area (Å²) in [6.07, 6.45) is -3.54. The van der Waals surface area contributed by atoms with E-state index in [-0.39, 0.29) is 0 Å². The molecule has 4 aromatic carbocycles.